The molecule has 1 aliphatic rings. The molecule has 2 aromatic carbocycles. The zero-order chi connectivity index (χ0) is 18.8. The van der Waals surface area contributed by atoms with Crippen molar-refractivity contribution in [2.45, 2.75) is 32.5 Å². The maximum Gasteiger partial charge on any atom is 0.194 e. The summed E-state index contributed by atoms with van der Waals surface area (Å²) in [6.45, 7) is 2.04. The van der Waals surface area contributed by atoms with Crippen molar-refractivity contribution in [3.05, 3.63) is 64.5 Å². The fraction of sp³-hybridized carbons (Fsp3) is 0.368. The van der Waals surface area contributed by atoms with Gasteiger partial charge in [-0.05, 0) is 54.2 Å². The molecular weight excluding hydrogens is 355 g/mol. The molecule has 0 N–H and O–H groups in total. The van der Waals surface area contributed by atoms with Gasteiger partial charge in [0.2, 0.25) is 0 Å². The van der Waals surface area contributed by atoms with Gasteiger partial charge < -0.3 is 9.47 Å². The molecular formula is C19H17F5O2. The summed E-state index contributed by atoms with van der Waals surface area (Å²) in [6, 6.07) is 3.68. The first-order valence-electron chi connectivity index (χ1n) is 8.22. The Labute approximate surface area is 147 Å². The van der Waals surface area contributed by atoms with E-state index in [2.05, 4.69) is 0 Å². The van der Waals surface area contributed by atoms with Gasteiger partial charge in [0.25, 0.3) is 0 Å². The normalized spacial score (nSPS) is 20.2. The number of rotatable bonds is 4. The van der Waals surface area contributed by atoms with Gasteiger partial charge in [-0.25, -0.2) is 22.0 Å². The minimum atomic E-state index is -1.61. The lowest BCUT2D eigenvalue weighted by atomic mass is 9.96. The minimum absolute atomic E-state index is 0.0890. The molecule has 1 saturated heterocycles. The Kier molecular flexibility index (Phi) is 5.46. The first kappa shape index (κ1) is 18.6. The SMILES string of the molecule is CC1CCC(c2cc(F)c(OCc3cc(F)c(F)c(F)c3)c(F)c2)OC1. The molecule has 0 amide bonds. The maximum atomic E-state index is 14.2. The Bertz CT molecular complexity index is 755. The molecule has 0 bridgehead atoms. The van der Waals surface area contributed by atoms with Crippen LogP contribution in [-0.4, -0.2) is 6.61 Å². The molecule has 1 heterocycles. The van der Waals surface area contributed by atoms with Crippen molar-refractivity contribution in [2.75, 3.05) is 6.61 Å². The maximum absolute atomic E-state index is 14.2. The quantitative estimate of drug-likeness (QED) is 0.525. The lowest BCUT2D eigenvalue weighted by Gasteiger charge is -2.27. The van der Waals surface area contributed by atoms with E-state index in [4.69, 9.17) is 9.47 Å². The Balaban J connectivity index is 1.74. The third-order valence-corrected chi connectivity index (χ3v) is 4.32. The molecule has 0 aromatic heterocycles. The van der Waals surface area contributed by atoms with E-state index in [1.807, 2.05) is 6.92 Å². The van der Waals surface area contributed by atoms with Gasteiger partial charge >= 0.3 is 0 Å². The summed E-state index contributed by atoms with van der Waals surface area (Å²) in [6.07, 6.45) is 1.17. The van der Waals surface area contributed by atoms with Gasteiger partial charge in [0.05, 0.1) is 6.10 Å². The number of benzene rings is 2. The van der Waals surface area contributed by atoms with Crippen molar-refractivity contribution in [3.63, 3.8) is 0 Å². The molecule has 1 aliphatic heterocycles. The molecule has 2 atom stereocenters. The highest BCUT2D eigenvalue weighted by Crippen LogP contribution is 2.34. The highest BCUT2D eigenvalue weighted by atomic mass is 19.2. The van der Waals surface area contributed by atoms with Crippen LogP contribution in [0.1, 0.15) is 37.0 Å². The Morgan fingerprint density at radius 1 is 0.923 bits per heavy atom. The van der Waals surface area contributed by atoms with Gasteiger partial charge in [-0.1, -0.05) is 6.92 Å². The highest BCUT2D eigenvalue weighted by molar-refractivity contribution is 5.33. The van der Waals surface area contributed by atoms with E-state index in [1.54, 1.807) is 0 Å². The van der Waals surface area contributed by atoms with Crippen molar-refractivity contribution in [3.8, 4) is 5.75 Å². The zero-order valence-electron chi connectivity index (χ0n) is 14.0. The molecule has 7 heteroatoms. The average Bonchev–Trinajstić information content (AvgIpc) is 2.59. The molecule has 2 aromatic rings. The van der Waals surface area contributed by atoms with Crippen LogP contribution in [0.15, 0.2) is 24.3 Å². The fourth-order valence-corrected chi connectivity index (χ4v) is 2.90. The van der Waals surface area contributed by atoms with E-state index in [1.165, 1.54) is 0 Å². The topological polar surface area (TPSA) is 18.5 Å². The van der Waals surface area contributed by atoms with Gasteiger partial charge in [-0.3, -0.25) is 0 Å². The number of hydrogen-bond donors (Lipinski definition) is 0. The van der Waals surface area contributed by atoms with Crippen LogP contribution in [0.5, 0.6) is 5.75 Å². The minimum Gasteiger partial charge on any atom is -0.483 e. The van der Waals surface area contributed by atoms with Gasteiger partial charge in [0, 0.05) is 6.61 Å². The predicted molar refractivity (Wildman–Crippen MR) is 84.1 cm³/mol. The molecule has 140 valence electrons. The molecule has 2 nitrogen and oxygen atoms in total. The molecule has 0 spiro atoms. The van der Waals surface area contributed by atoms with E-state index in [9.17, 15) is 22.0 Å². The predicted octanol–water partition coefficient (Wildman–Crippen LogP) is 5.45. The van der Waals surface area contributed by atoms with Gasteiger partial charge in [-0.2, -0.15) is 0 Å². The third kappa shape index (κ3) is 3.98. The van der Waals surface area contributed by atoms with Gasteiger partial charge in [-0.15, -0.1) is 0 Å². The smallest absolute Gasteiger partial charge is 0.194 e. The third-order valence-electron chi connectivity index (χ3n) is 4.32. The van der Waals surface area contributed by atoms with Crippen molar-refractivity contribution >= 4 is 0 Å². The monoisotopic (exact) mass is 372 g/mol. The van der Waals surface area contributed by atoms with E-state index >= 15 is 0 Å². The second kappa shape index (κ2) is 7.61. The molecule has 3 rings (SSSR count). The fourth-order valence-electron chi connectivity index (χ4n) is 2.90. The van der Waals surface area contributed by atoms with Crippen LogP contribution in [-0.2, 0) is 11.3 Å². The molecule has 1 fully saturated rings. The largest absolute Gasteiger partial charge is 0.483 e. The van der Waals surface area contributed by atoms with Crippen molar-refractivity contribution in [1.82, 2.24) is 0 Å². The molecule has 0 aliphatic carbocycles. The average molecular weight is 372 g/mol. The molecule has 2 unspecified atom stereocenters. The Morgan fingerprint density at radius 2 is 1.54 bits per heavy atom. The first-order valence-corrected chi connectivity index (χ1v) is 8.22. The standard InChI is InChI=1S/C19H17F5O2/c1-10-2-3-17(25-8-10)12-6-15(22)19(16(23)7-12)26-9-11-4-13(20)18(24)14(21)5-11/h4-7,10,17H,2-3,8-9H2,1H3. The molecule has 26 heavy (non-hydrogen) atoms. The number of ether oxygens (including phenoxy) is 2. The number of halogens is 5. The summed E-state index contributed by atoms with van der Waals surface area (Å²) in [5.41, 5.74) is 0.284. The van der Waals surface area contributed by atoms with E-state index < -0.39 is 41.4 Å². The van der Waals surface area contributed by atoms with Crippen LogP contribution >= 0.6 is 0 Å². The lowest BCUT2D eigenvalue weighted by molar-refractivity contribution is -0.0127. The summed E-state index contributed by atoms with van der Waals surface area (Å²) in [5.74, 6) is -6.55. The summed E-state index contributed by atoms with van der Waals surface area (Å²) < 4.78 is 78.4. The van der Waals surface area contributed by atoms with Crippen molar-refractivity contribution < 1.29 is 31.4 Å². The van der Waals surface area contributed by atoms with Gasteiger partial charge in [0.1, 0.15) is 6.61 Å². The summed E-state index contributed by atoms with van der Waals surface area (Å²) >= 11 is 0. The van der Waals surface area contributed by atoms with Crippen LogP contribution in [0.2, 0.25) is 0 Å². The second-order valence-electron chi connectivity index (χ2n) is 6.48. The Morgan fingerprint density at radius 3 is 2.08 bits per heavy atom. The van der Waals surface area contributed by atoms with E-state index in [0.29, 0.717) is 36.6 Å². The highest BCUT2D eigenvalue weighted by Gasteiger charge is 2.23. The Hall–Kier alpha value is -2.15. The zero-order valence-corrected chi connectivity index (χ0v) is 14.0. The second-order valence-corrected chi connectivity index (χ2v) is 6.48. The van der Waals surface area contributed by atoms with Crippen molar-refractivity contribution in [1.29, 1.82) is 0 Å². The van der Waals surface area contributed by atoms with E-state index in [-0.39, 0.29) is 11.7 Å². The van der Waals surface area contributed by atoms with E-state index in [0.717, 1.165) is 18.6 Å². The summed E-state index contributed by atoms with van der Waals surface area (Å²) in [7, 11) is 0. The van der Waals surface area contributed by atoms with Crippen LogP contribution < -0.4 is 4.74 Å². The molecule has 0 saturated carbocycles. The van der Waals surface area contributed by atoms with Crippen LogP contribution in [0.25, 0.3) is 0 Å². The van der Waals surface area contributed by atoms with Gasteiger partial charge in [0.15, 0.2) is 34.8 Å². The van der Waals surface area contributed by atoms with Crippen LogP contribution in [0.4, 0.5) is 22.0 Å². The first-order chi connectivity index (χ1) is 12.3. The van der Waals surface area contributed by atoms with Crippen LogP contribution in [0, 0.1) is 35.0 Å². The summed E-state index contributed by atoms with van der Waals surface area (Å²) in [4.78, 5) is 0. The number of hydrogen-bond acceptors (Lipinski definition) is 2. The van der Waals surface area contributed by atoms with Crippen LogP contribution in [0.3, 0.4) is 0 Å². The summed E-state index contributed by atoms with van der Waals surface area (Å²) in [5, 5.41) is 0. The molecule has 0 radical (unpaired) electrons. The lowest BCUT2D eigenvalue weighted by Crippen LogP contribution is -2.18. The van der Waals surface area contributed by atoms with Crippen molar-refractivity contribution in [2.24, 2.45) is 5.92 Å².